The molecular formula is C6H11N. The first-order chi connectivity index (χ1) is 3.29. The van der Waals surface area contributed by atoms with Gasteiger partial charge in [0.15, 0.2) is 0 Å². The molecule has 1 saturated heterocycles. The van der Waals surface area contributed by atoms with Gasteiger partial charge in [-0.05, 0) is 19.3 Å². The van der Waals surface area contributed by atoms with Crippen LogP contribution >= 0.6 is 0 Å². The summed E-state index contributed by atoms with van der Waals surface area (Å²) in [5, 5.41) is 3.37. The van der Waals surface area contributed by atoms with E-state index in [1.54, 1.807) is 0 Å². The van der Waals surface area contributed by atoms with Gasteiger partial charge in [0.05, 0.1) is 0 Å². The molecule has 0 aromatic carbocycles. The summed E-state index contributed by atoms with van der Waals surface area (Å²) >= 11 is 0. The number of rotatable bonds is 1. The van der Waals surface area contributed by atoms with Gasteiger partial charge >= 0.3 is 0 Å². The van der Waals surface area contributed by atoms with E-state index in [1.165, 1.54) is 6.42 Å². The van der Waals surface area contributed by atoms with Gasteiger partial charge in [-0.2, -0.15) is 0 Å². The average Bonchev–Trinajstić information content (AvgIpc) is 2.28. The predicted molar refractivity (Wildman–Crippen MR) is 29.1 cm³/mol. The Balaban J connectivity index is 2.02. The second-order valence-electron chi connectivity index (χ2n) is 2.92. The van der Waals surface area contributed by atoms with Crippen molar-refractivity contribution in [3.8, 4) is 0 Å². The van der Waals surface area contributed by atoms with Gasteiger partial charge in [-0.1, -0.05) is 6.92 Å². The molecule has 1 aliphatic carbocycles. The van der Waals surface area contributed by atoms with Crippen molar-refractivity contribution in [3.63, 3.8) is 0 Å². The minimum atomic E-state index is 0.634. The van der Waals surface area contributed by atoms with Crippen molar-refractivity contribution in [2.75, 3.05) is 0 Å². The van der Waals surface area contributed by atoms with Crippen molar-refractivity contribution in [3.05, 3.63) is 0 Å². The topological polar surface area (TPSA) is 21.9 Å². The first-order valence-electron chi connectivity index (χ1n) is 3.06. The Hall–Kier alpha value is -0.0400. The minimum absolute atomic E-state index is 0.634. The molecule has 1 saturated carbocycles. The Kier molecular flexibility index (Phi) is 0.419. The lowest BCUT2D eigenvalue weighted by Crippen LogP contribution is -2.14. The maximum atomic E-state index is 3.37. The lowest BCUT2D eigenvalue weighted by atomic mass is 10.2. The van der Waals surface area contributed by atoms with Crippen LogP contribution in [0.2, 0.25) is 0 Å². The molecule has 0 spiro atoms. The molecular weight excluding hydrogens is 86.1 g/mol. The van der Waals surface area contributed by atoms with Crippen LogP contribution in [0.25, 0.3) is 0 Å². The van der Waals surface area contributed by atoms with Gasteiger partial charge in [0, 0.05) is 11.6 Å². The third-order valence-electron chi connectivity index (χ3n) is 2.53. The molecule has 40 valence electrons. The fourth-order valence-electron chi connectivity index (χ4n) is 1.67. The van der Waals surface area contributed by atoms with E-state index < -0.39 is 0 Å². The molecule has 0 bridgehead atoms. The average molecular weight is 97.2 g/mol. The van der Waals surface area contributed by atoms with Crippen LogP contribution in [0.4, 0.5) is 0 Å². The van der Waals surface area contributed by atoms with Gasteiger partial charge in [-0.15, -0.1) is 0 Å². The van der Waals surface area contributed by atoms with Crippen LogP contribution in [-0.4, -0.2) is 11.6 Å². The number of hydrogen-bond donors (Lipinski definition) is 1. The molecule has 2 aliphatic rings. The molecule has 3 unspecified atom stereocenters. The molecule has 1 heterocycles. The fraction of sp³-hybridized carbons (Fsp3) is 1.00. The Morgan fingerprint density at radius 1 is 1.71 bits per heavy atom. The van der Waals surface area contributed by atoms with Gasteiger partial charge < -0.3 is 5.32 Å². The SMILES string of the molecule is CCC1C2NC12C. The molecule has 0 amide bonds. The minimum Gasteiger partial charge on any atom is -0.305 e. The zero-order chi connectivity index (χ0) is 5.07. The van der Waals surface area contributed by atoms with E-state index in [2.05, 4.69) is 19.2 Å². The molecule has 0 radical (unpaired) electrons. The van der Waals surface area contributed by atoms with Crippen LogP contribution in [0.1, 0.15) is 20.3 Å². The molecule has 1 heteroatoms. The summed E-state index contributed by atoms with van der Waals surface area (Å²) < 4.78 is 0. The van der Waals surface area contributed by atoms with E-state index in [1.807, 2.05) is 0 Å². The van der Waals surface area contributed by atoms with Gasteiger partial charge in [0.25, 0.3) is 0 Å². The molecule has 0 aromatic rings. The first-order valence-corrected chi connectivity index (χ1v) is 3.06. The van der Waals surface area contributed by atoms with E-state index in [4.69, 9.17) is 0 Å². The van der Waals surface area contributed by atoms with Crippen molar-refractivity contribution in [2.45, 2.75) is 31.8 Å². The van der Waals surface area contributed by atoms with E-state index in [-0.39, 0.29) is 0 Å². The summed E-state index contributed by atoms with van der Waals surface area (Å²) in [5.41, 5.74) is 0.634. The fourth-order valence-corrected chi connectivity index (χ4v) is 1.67. The van der Waals surface area contributed by atoms with Crippen LogP contribution < -0.4 is 5.32 Å². The molecule has 1 N–H and O–H groups in total. The van der Waals surface area contributed by atoms with Crippen LogP contribution in [0.15, 0.2) is 0 Å². The van der Waals surface area contributed by atoms with Gasteiger partial charge in [-0.3, -0.25) is 0 Å². The maximum absolute atomic E-state index is 3.37. The number of fused-ring (bicyclic) bond motifs is 1. The van der Waals surface area contributed by atoms with Crippen molar-refractivity contribution in [2.24, 2.45) is 5.92 Å². The summed E-state index contributed by atoms with van der Waals surface area (Å²) in [7, 11) is 0. The predicted octanol–water partition coefficient (Wildman–Crippen LogP) is 0.757. The zero-order valence-corrected chi connectivity index (χ0v) is 4.86. The van der Waals surface area contributed by atoms with Crippen molar-refractivity contribution >= 4 is 0 Å². The smallest absolute Gasteiger partial charge is 0.0357 e. The summed E-state index contributed by atoms with van der Waals surface area (Å²) in [6.45, 7) is 4.58. The third-order valence-corrected chi connectivity index (χ3v) is 2.53. The monoisotopic (exact) mass is 97.1 g/mol. The van der Waals surface area contributed by atoms with Crippen LogP contribution in [-0.2, 0) is 0 Å². The van der Waals surface area contributed by atoms with Crippen LogP contribution in [0.5, 0.6) is 0 Å². The van der Waals surface area contributed by atoms with E-state index in [0.717, 1.165) is 12.0 Å². The largest absolute Gasteiger partial charge is 0.305 e. The second kappa shape index (κ2) is 0.752. The highest BCUT2D eigenvalue weighted by molar-refractivity contribution is 5.35. The molecule has 2 rings (SSSR count). The van der Waals surface area contributed by atoms with Gasteiger partial charge in [-0.25, -0.2) is 0 Å². The lowest BCUT2D eigenvalue weighted by Gasteiger charge is -2.01. The molecule has 2 fully saturated rings. The number of nitrogens with one attached hydrogen (secondary N) is 1. The van der Waals surface area contributed by atoms with Crippen molar-refractivity contribution < 1.29 is 0 Å². The first kappa shape index (κ1) is 3.90. The highest BCUT2D eigenvalue weighted by Crippen LogP contribution is 2.58. The number of hydrogen-bond acceptors (Lipinski definition) is 1. The zero-order valence-electron chi connectivity index (χ0n) is 4.86. The normalized spacial score (nSPS) is 64.3. The van der Waals surface area contributed by atoms with E-state index in [9.17, 15) is 0 Å². The van der Waals surface area contributed by atoms with Crippen molar-refractivity contribution in [1.29, 1.82) is 0 Å². The Morgan fingerprint density at radius 2 is 2.29 bits per heavy atom. The Bertz CT molecular complexity index is 111. The van der Waals surface area contributed by atoms with Gasteiger partial charge in [0.1, 0.15) is 0 Å². The molecule has 1 aliphatic heterocycles. The van der Waals surface area contributed by atoms with Gasteiger partial charge in [0.2, 0.25) is 0 Å². The Labute approximate surface area is 44.1 Å². The quantitative estimate of drug-likeness (QED) is 0.479. The van der Waals surface area contributed by atoms with E-state index >= 15 is 0 Å². The summed E-state index contributed by atoms with van der Waals surface area (Å²) in [4.78, 5) is 0. The highest BCUT2D eigenvalue weighted by atomic mass is 15.3. The van der Waals surface area contributed by atoms with Crippen molar-refractivity contribution in [1.82, 2.24) is 5.32 Å². The molecule has 0 aromatic heterocycles. The van der Waals surface area contributed by atoms with Crippen LogP contribution in [0, 0.1) is 5.92 Å². The summed E-state index contributed by atoms with van der Waals surface area (Å²) in [5.74, 6) is 1.03. The Morgan fingerprint density at radius 3 is 2.29 bits per heavy atom. The molecule has 3 atom stereocenters. The highest BCUT2D eigenvalue weighted by Gasteiger charge is 2.74. The third kappa shape index (κ3) is 0.260. The standard InChI is InChI=1S/C6H11N/c1-3-4-5-6(4,2)7-5/h4-5,7H,3H2,1-2H3. The maximum Gasteiger partial charge on any atom is 0.0357 e. The molecule has 1 nitrogen and oxygen atoms in total. The summed E-state index contributed by atoms with van der Waals surface area (Å²) in [6, 6.07) is 0.928. The summed E-state index contributed by atoms with van der Waals surface area (Å²) in [6.07, 6.45) is 1.37. The van der Waals surface area contributed by atoms with E-state index in [0.29, 0.717) is 5.54 Å². The lowest BCUT2D eigenvalue weighted by molar-refractivity contribution is 0.537. The molecule has 7 heavy (non-hydrogen) atoms. The second-order valence-corrected chi connectivity index (χ2v) is 2.92. The van der Waals surface area contributed by atoms with Crippen LogP contribution in [0.3, 0.4) is 0 Å².